The molecule has 0 fully saturated rings. The van der Waals surface area contributed by atoms with E-state index in [9.17, 15) is 0 Å². The normalized spacial score (nSPS) is 11.8. The molecule has 233 valence electrons. The zero-order valence-electron chi connectivity index (χ0n) is 28.1. The van der Waals surface area contributed by atoms with Crippen LogP contribution in [0.15, 0.2) is 116 Å². The second kappa shape index (κ2) is 14.4. The summed E-state index contributed by atoms with van der Waals surface area (Å²) in [5, 5.41) is 3.96. The number of benzene rings is 4. The molecule has 0 aliphatic carbocycles. The zero-order valence-corrected chi connectivity index (χ0v) is 31.3. The van der Waals surface area contributed by atoms with Crippen molar-refractivity contribution in [3.63, 3.8) is 0 Å². The Bertz CT molecular complexity index is 2130. The number of fused-ring (bicyclic) bond motifs is 3. The van der Waals surface area contributed by atoms with Crippen molar-refractivity contribution >= 4 is 44.8 Å². The number of aromatic nitrogens is 2. The largest absolute Gasteiger partial charge is 0.305 e. The van der Waals surface area contributed by atoms with Crippen LogP contribution in [0.4, 0.5) is 0 Å². The van der Waals surface area contributed by atoms with Gasteiger partial charge in [-0.05, 0) is 51.6 Å². The predicted molar refractivity (Wildman–Crippen MR) is 197 cm³/mol. The van der Waals surface area contributed by atoms with E-state index in [2.05, 4.69) is 122 Å². The number of nitrogens with zero attached hydrogens (tertiary/aromatic N) is 2. The van der Waals surface area contributed by atoms with Crippen molar-refractivity contribution in [2.45, 2.75) is 46.3 Å². The van der Waals surface area contributed by atoms with E-state index in [1.807, 2.05) is 50.2 Å². The Hall–Kier alpha value is -3.73. The second-order valence-corrected chi connectivity index (χ2v) is 18.7. The van der Waals surface area contributed by atoms with Gasteiger partial charge in [0.2, 0.25) is 0 Å². The molecule has 2 nitrogen and oxygen atoms in total. The van der Waals surface area contributed by atoms with Crippen molar-refractivity contribution < 1.29 is 21.5 Å². The molecule has 0 N–H and O–H groups in total. The first-order chi connectivity index (χ1) is 22.0. The van der Waals surface area contributed by atoms with E-state index in [0.717, 1.165) is 28.1 Å². The quantitative estimate of drug-likeness (QED) is 0.128. The van der Waals surface area contributed by atoms with Gasteiger partial charge in [0.25, 0.3) is 0 Å². The molecule has 0 amide bonds. The van der Waals surface area contributed by atoms with Crippen LogP contribution in [0.2, 0.25) is 19.6 Å². The van der Waals surface area contributed by atoms with Gasteiger partial charge in [0.05, 0.1) is 8.07 Å². The van der Waals surface area contributed by atoms with Crippen LogP contribution in [0.25, 0.3) is 53.8 Å². The Labute approximate surface area is 293 Å². The first-order valence-corrected chi connectivity index (χ1v) is 19.6. The summed E-state index contributed by atoms with van der Waals surface area (Å²) in [6, 6.07) is 42.0. The summed E-state index contributed by atoms with van der Waals surface area (Å²) in [5.41, 5.74) is 8.66. The summed E-state index contributed by atoms with van der Waals surface area (Å²) in [6.45, 7) is 13.1. The fraction of sp³-hybridized carbons (Fsp3) is 0.171. The predicted octanol–water partition coefficient (Wildman–Crippen LogP) is 11.1. The molecule has 4 aromatic carbocycles. The molecule has 0 saturated heterocycles. The van der Waals surface area contributed by atoms with Crippen LogP contribution in [-0.2, 0) is 20.1 Å². The van der Waals surface area contributed by atoms with E-state index in [1.165, 1.54) is 42.0 Å². The second-order valence-electron chi connectivity index (χ2n) is 12.6. The van der Waals surface area contributed by atoms with Crippen LogP contribution < -0.4 is 5.19 Å². The van der Waals surface area contributed by atoms with Crippen molar-refractivity contribution in [3.8, 4) is 33.6 Å². The van der Waals surface area contributed by atoms with Gasteiger partial charge < -0.3 is 9.97 Å². The molecule has 0 bridgehead atoms. The maximum absolute atomic E-state index is 8.39. The number of hydrogen-bond donors (Lipinski definition) is 0. The SMILES string of the molecule is Cc1cc(-c2[c-]cccc2)ncc1[Si](C)(C)C.[2H]C(C)(C)c1ccnc(-c2[c-]cc(-c3ccccc3)c3c2sc2ccccc23)c1.[Ir]. The molecular formula is C41H38IrN2SSi-2. The summed E-state index contributed by atoms with van der Waals surface area (Å²) in [7, 11) is -1.27. The standard InChI is InChI=1S/C26H20NS.C15H18NSi.Ir/c1-17(2)19-14-15-27-23(16-19)21-13-12-20(18-8-4-3-5-9-18)25-22-10-6-7-11-24(22)28-26(21)25;1-12-10-14(13-8-6-5-7-9-13)16-11-15(12)17(2,3)4;/h3-12,14-17H,1-2H3;5-8,10-11H,1-4H3;/q2*-1;/i17D;;. The van der Waals surface area contributed by atoms with Gasteiger partial charge in [-0.2, -0.15) is 11.3 Å². The maximum Gasteiger partial charge on any atom is 0.0798 e. The molecule has 7 rings (SSSR count). The molecule has 7 aromatic rings. The van der Waals surface area contributed by atoms with Crippen LogP contribution in [0, 0.1) is 19.1 Å². The van der Waals surface area contributed by atoms with Crippen molar-refractivity contribution in [1.29, 1.82) is 0 Å². The molecule has 0 unspecified atom stereocenters. The summed E-state index contributed by atoms with van der Waals surface area (Å²) in [4.78, 5) is 9.22. The molecule has 46 heavy (non-hydrogen) atoms. The average molecular weight is 812 g/mol. The van der Waals surface area contributed by atoms with Gasteiger partial charge in [-0.3, -0.25) is 0 Å². The van der Waals surface area contributed by atoms with Crippen LogP contribution in [0.1, 0.15) is 32.2 Å². The van der Waals surface area contributed by atoms with Gasteiger partial charge in [0.15, 0.2) is 0 Å². The van der Waals surface area contributed by atoms with Crippen molar-refractivity contribution in [2.75, 3.05) is 0 Å². The average Bonchev–Trinajstić information content (AvgIpc) is 3.44. The van der Waals surface area contributed by atoms with Crippen LogP contribution in [0.3, 0.4) is 0 Å². The summed E-state index contributed by atoms with van der Waals surface area (Å²) >= 11 is 1.79. The third kappa shape index (κ3) is 7.14. The van der Waals surface area contributed by atoms with Crippen molar-refractivity contribution in [2.24, 2.45) is 0 Å². The van der Waals surface area contributed by atoms with Crippen molar-refractivity contribution in [3.05, 3.63) is 139 Å². The minimum absolute atomic E-state index is 0. The molecule has 5 heteroatoms. The Morgan fingerprint density at radius 3 is 2.26 bits per heavy atom. The van der Waals surface area contributed by atoms with Gasteiger partial charge in [0, 0.05) is 38.6 Å². The van der Waals surface area contributed by atoms with Gasteiger partial charge in [0.1, 0.15) is 0 Å². The number of aryl methyl sites for hydroxylation is 1. The number of rotatable bonds is 5. The Balaban J connectivity index is 0.000000207. The summed E-state index contributed by atoms with van der Waals surface area (Å²) in [5.74, 6) is -0.666. The van der Waals surface area contributed by atoms with E-state index in [0.29, 0.717) is 0 Å². The van der Waals surface area contributed by atoms with Crippen LogP contribution in [-0.4, -0.2) is 18.0 Å². The smallest absolute Gasteiger partial charge is 0.0798 e. The molecule has 0 aliphatic rings. The molecular weight excluding hydrogens is 773 g/mol. The number of hydrogen-bond acceptors (Lipinski definition) is 3. The van der Waals surface area contributed by atoms with E-state index < -0.39 is 14.0 Å². The van der Waals surface area contributed by atoms with E-state index >= 15 is 0 Å². The summed E-state index contributed by atoms with van der Waals surface area (Å²) in [6.07, 6.45) is 3.86. The van der Waals surface area contributed by atoms with E-state index in [4.69, 9.17) is 1.37 Å². The molecule has 0 spiro atoms. The van der Waals surface area contributed by atoms with Gasteiger partial charge in [-0.25, -0.2) is 0 Å². The van der Waals surface area contributed by atoms with Crippen LogP contribution >= 0.6 is 11.3 Å². The molecule has 0 saturated carbocycles. The summed E-state index contributed by atoms with van der Waals surface area (Å²) < 4.78 is 10.8. The van der Waals surface area contributed by atoms with Crippen molar-refractivity contribution in [1.82, 2.24) is 9.97 Å². The zero-order chi connectivity index (χ0) is 32.5. The first kappa shape index (κ1) is 32.2. The number of pyridine rings is 2. The Morgan fingerprint density at radius 1 is 0.826 bits per heavy atom. The topological polar surface area (TPSA) is 25.8 Å². The van der Waals surface area contributed by atoms with Gasteiger partial charge in [-0.1, -0.05) is 122 Å². The monoisotopic (exact) mass is 812 g/mol. The third-order valence-electron chi connectivity index (χ3n) is 8.03. The Kier molecular flexibility index (Phi) is 10.1. The molecule has 3 heterocycles. The molecule has 0 atom stereocenters. The van der Waals surface area contributed by atoms with E-state index in [1.54, 1.807) is 17.5 Å². The fourth-order valence-corrected chi connectivity index (χ4v) is 8.67. The van der Waals surface area contributed by atoms with Gasteiger partial charge in [-0.15, -0.1) is 53.6 Å². The third-order valence-corrected chi connectivity index (χ3v) is 11.4. The minimum atomic E-state index is -1.27. The van der Waals surface area contributed by atoms with Crippen LogP contribution in [0.5, 0.6) is 0 Å². The molecule has 0 aliphatic heterocycles. The van der Waals surface area contributed by atoms with E-state index in [-0.39, 0.29) is 20.1 Å². The van der Waals surface area contributed by atoms with Gasteiger partial charge >= 0.3 is 0 Å². The first-order valence-electron chi connectivity index (χ1n) is 15.8. The molecule has 3 aromatic heterocycles. The fourth-order valence-electron chi connectivity index (χ4n) is 5.73. The maximum atomic E-state index is 8.39. The molecule has 1 radical (unpaired) electrons. The Morgan fingerprint density at radius 2 is 1.57 bits per heavy atom. The number of thiophene rings is 1. The minimum Gasteiger partial charge on any atom is -0.305 e.